The van der Waals surface area contributed by atoms with Crippen LogP contribution >= 0.6 is 23.4 Å². The third kappa shape index (κ3) is 3.06. The number of thioether (sulfide) groups is 1. The van der Waals surface area contributed by atoms with Crippen molar-refractivity contribution in [2.75, 3.05) is 0 Å². The van der Waals surface area contributed by atoms with Crippen LogP contribution in [-0.4, -0.2) is 24.7 Å². The van der Waals surface area contributed by atoms with E-state index in [0.29, 0.717) is 44.2 Å². The van der Waals surface area contributed by atoms with Crippen LogP contribution < -0.4 is 5.56 Å². The minimum Gasteiger partial charge on any atom is -0.461 e. The Morgan fingerprint density at radius 3 is 3.00 bits per heavy atom. The zero-order valence-electron chi connectivity index (χ0n) is 13.1. The normalized spacial score (nSPS) is 11.3. The van der Waals surface area contributed by atoms with E-state index < -0.39 is 0 Å². The molecule has 1 N–H and O–H groups in total. The topological polar surface area (TPSA) is 89.6 Å². The van der Waals surface area contributed by atoms with Crippen molar-refractivity contribution < 1.29 is 4.42 Å². The molecule has 7 nitrogen and oxygen atoms in total. The molecular formula is C16H12ClN5O2S. The molecule has 0 bridgehead atoms. The Bertz CT molecular complexity index is 1100. The number of aromatic amines is 1. The molecule has 0 amide bonds. The van der Waals surface area contributed by atoms with Crippen molar-refractivity contribution in [1.82, 2.24) is 24.7 Å². The number of H-pyrrole nitrogens is 1. The molecule has 0 aliphatic heterocycles. The maximum atomic E-state index is 12.2. The summed E-state index contributed by atoms with van der Waals surface area (Å²) in [5.74, 6) is 2.31. The van der Waals surface area contributed by atoms with Crippen LogP contribution in [0.2, 0.25) is 5.02 Å². The summed E-state index contributed by atoms with van der Waals surface area (Å²) in [6, 6.07) is 8.68. The van der Waals surface area contributed by atoms with Gasteiger partial charge in [-0.15, -0.1) is 10.2 Å². The second-order valence-corrected chi connectivity index (χ2v) is 6.68. The van der Waals surface area contributed by atoms with Gasteiger partial charge in [0.25, 0.3) is 5.56 Å². The van der Waals surface area contributed by atoms with Gasteiger partial charge >= 0.3 is 0 Å². The minimum atomic E-state index is -0.211. The Hall–Kier alpha value is -2.58. The van der Waals surface area contributed by atoms with E-state index in [9.17, 15) is 4.79 Å². The fourth-order valence-corrected chi connectivity index (χ4v) is 3.37. The van der Waals surface area contributed by atoms with Gasteiger partial charge in [0.2, 0.25) is 0 Å². The number of nitrogens with zero attached hydrogens (tertiary/aromatic N) is 4. The molecule has 9 heteroatoms. The van der Waals surface area contributed by atoms with E-state index in [4.69, 9.17) is 16.0 Å². The average molecular weight is 374 g/mol. The lowest BCUT2D eigenvalue weighted by molar-refractivity contribution is 0.572. The van der Waals surface area contributed by atoms with Crippen molar-refractivity contribution in [3.63, 3.8) is 0 Å². The second kappa shape index (κ2) is 6.38. The molecular weight excluding hydrogens is 362 g/mol. The van der Waals surface area contributed by atoms with Gasteiger partial charge in [-0.25, -0.2) is 4.98 Å². The van der Waals surface area contributed by atoms with Crippen LogP contribution in [0.5, 0.6) is 0 Å². The van der Waals surface area contributed by atoms with Crippen molar-refractivity contribution >= 4 is 34.3 Å². The monoisotopic (exact) mass is 373 g/mol. The highest BCUT2D eigenvalue weighted by Gasteiger charge is 2.14. The summed E-state index contributed by atoms with van der Waals surface area (Å²) in [4.78, 5) is 19.4. The molecule has 0 aliphatic carbocycles. The molecule has 0 atom stereocenters. The van der Waals surface area contributed by atoms with Crippen molar-refractivity contribution in [2.45, 2.75) is 10.9 Å². The van der Waals surface area contributed by atoms with Gasteiger partial charge in [0.15, 0.2) is 16.7 Å². The van der Waals surface area contributed by atoms with Crippen LogP contribution in [0.25, 0.3) is 22.5 Å². The number of rotatable bonds is 4. The molecule has 4 aromatic rings. The van der Waals surface area contributed by atoms with E-state index in [1.165, 1.54) is 11.8 Å². The lowest BCUT2D eigenvalue weighted by atomic mass is 10.2. The Labute approximate surface area is 151 Å². The molecule has 0 saturated heterocycles. The van der Waals surface area contributed by atoms with Crippen molar-refractivity contribution in [3.05, 3.63) is 57.8 Å². The fraction of sp³-hybridized carbons (Fsp3) is 0.125. The standard InChI is InChI=1S/C16H12ClN5O2S/c1-22-14(12-3-2-6-24-12)20-21-16(22)25-8-13-18-11-5-4-9(17)7-10(11)15(23)19-13/h2-7H,8H2,1H3,(H,18,19,23). The minimum absolute atomic E-state index is 0.211. The van der Waals surface area contributed by atoms with Gasteiger partial charge in [-0.3, -0.25) is 4.79 Å². The smallest absolute Gasteiger partial charge is 0.258 e. The van der Waals surface area contributed by atoms with E-state index in [2.05, 4.69) is 20.2 Å². The molecule has 0 fully saturated rings. The molecule has 3 aromatic heterocycles. The number of furan rings is 1. The van der Waals surface area contributed by atoms with Crippen LogP contribution in [0.4, 0.5) is 0 Å². The maximum Gasteiger partial charge on any atom is 0.258 e. The number of benzene rings is 1. The zero-order valence-corrected chi connectivity index (χ0v) is 14.6. The van der Waals surface area contributed by atoms with Crippen LogP contribution in [-0.2, 0) is 12.8 Å². The van der Waals surface area contributed by atoms with Crippen molar-refractivity contribution in [1.29, 1.82) is 0 Å². The Morgan fingerprint density at radius 1 is 1.32 bits per heavy atom. The van der Waals surface area contributed by atoms with E-state index in [1.54, 1.807) is 30.5 Å². The Balaban J connectivity index is 1.59. The lowest BCUT2D eigenvalue weighted by Gasteiger charge is -2.04. The number of nitrogens with one attached hydrogen (secondary N) is 1. The summed E-state index contributed by atoms with van der Waals surface area (Å²) >= 11 is 7.35. The predicted octanol–water partition coefficient (Wildman–Crippen LogP) is 3.26. The van der Waals surface area contributed by atoms with Gasteiger partial charge in [0.1, 0.15) is 5.82 Å². The molecule has 0 spiro atoms. The number of hydrogen-bond acceptors (Lipinski definition) is 6. The SMILES string of the molecule is Cn1c(SCc2nc3ccc(Cl)cc3c(=O)[nH]2)nnc1-c1ccco1. The summed E-state index contributed by atoms with van der Waals surface area (Å²) in [7, 11) is 1.86. The third-order valence-corrected chi connectivity index (χ3v) is 4.90. The number of fused-ring (bicyclic) bond motifs is 1. The number of hydrogen-bond donors (Lipinski definition) is 1. The van der Waals surface area contributed by atoms with Crippen LogP contribution in [0, 0.1) is 0 Å². The molecule has 3 heterocycles. The van der Waals surface area contributed by atoms with E-state index in [0.717, 1.165) is 0 Å². The molecule has 4 rings (SSSR count). The van der Waals surface area contributed by atoms with Crippen LogP contribution in [0.3, 0.4) is 0 Å². The maximum absolute atomic E-state index is 12.2. The van der Waals surface area contributed by atoms with Gasteiger partial charge in [0, 0.05) is 12.1 Å². The molecule has 126 valence electrons. The number of aromatic nitrogens is 5. The largest absolute Gasteiger partial charge is 0.461 e. The van der Waals surface area contributed by atoms with E-state index in [1.807, 2.05) is 17.7 Å². The highest BCUT2D eigenvalue weighted by Crippen LogP contribution is 2.24. The van der Waals surface area contributed by atoms with Crippen LogP contribution in [0.15, 0.2) is 51.0 Å². The van der Waals surface area contributed by atoms with Gasteiger partial charge in [-0.2, -0.15) is 0 Å². The molecule has 0 radical (unpaired) electrons. The molecule has 0 unspecified atom stereocenters. The molecule has 0 aliphatic rings. The summed E-state index contributed by atoms with van der Waals surface area (Å²) in [6.45, 7) is 0. The highest BCUT2D eigenvalue weighted by molar-refractivity contribution is 7.98. The summed E-state index contributed by atoms with van der Waals surface area (Å²) in [5, 5.41) is 9.98. The third-order valence-electron chi connectivity index (χ3n) is 3.63. The van der Waals surface area contributed by atoms with Gasteiger partial charge in [0.05, 0.1) is 22.9 Å². The van der Waals surface area contributed by atoms with Crippen molar-refractivity contribution in [2.24, 2.45) is 7.05 Å². The van der Waals surface area contributed by atoms with Gasteiger partial charge in [-0.1, -0.05) is 23.4 Å². The zero-order chi connectivity index (χ0) is 17.4. The first kappa shape index (κ1) is 15.9. The van der Waals surface area contributed by atoms with E-state index in [-0.39, 0.29) is 5.56 Å². The molecule has 1 aromatic carbocycles. The Kier molecular flexibility index (Phi) is 4.06. The highest BCUT2D eigenvalue weighted by atomic mass is 35.5. The average Bonchev–Trinajstić information content (AvgIpc) is 3.23. The molecule has 25 heavy (non-hydrogen) atoms. The van der Waals surface area contributed by atoms with Crippen molar-refractivity contribution in [3.8, 4) is 11.6 Å². The van der Waals surface area contributed by atoms with Gasteiger partial charge < -0.3 is 14.0 Å². The summed E-state index contributed by atoms with van der Waals surface area (Å²) in [6.07, 6.45) is 1.59. The predicted molar refractivity (Wildman–Crippen MR) is 95.6 cm³/mol. The number of halogens is 1. The Morgan fingerprint density at radius 2 is 2.20 bits per heavy atom. The quantitative estimate of drug-likeness (QED) is 0.552. The van der Waals surface area contributed by atoms with Crippen LogP contribution in [0.1, 0.15) is 5.82 Å². The first-order valence-corrected chi connectivity index (χ1v) is 8.73. The van der Waals surface area contributed by atoms with Gasteiger partial charge in [-0.05, 0) is 30.3 Å². The first-order chi connectivity index (χ1) is 12.1. The first-order valence-electron chi connectivity index (χ1n) is 7.36. The molecule has 0 saturated carbocycles. The second-order valence-electron chi connectivity index (χ2n) is 5.31. The summed E-state index contributed by atoms with van der Waals surface area (Å²) in [5.41, 5.74) is 0.398. The summed E-state index contributed by atoms with van der Waals surface area (Å²) < 4.78 is 7.18. The fourth-order valence-electron chi connectivity index (χ4n) is 2.42. The lowest BCUT2D eigenvalue weighted by Crippen LogP contribution is -2.11. The van der Waals surface area contributed by atoms with E-state index >= 15 is 0 Å².